The first-order valence-corrected chi connectivity index (χ1v) is 3.53. The molecule has 3 heteroatoms. The zero-order valence-corrected chi connectivity index (χ0v) is 5.99. The van der Waals surface area contributed by atoms with Gasteiger partial charge in [0.25, 0.3) is 0 Å². The van der Waals surface area contributed by atoms with Crippen molar-refractivity contribution in [1.29, 1.82) is 0 Å². The lowest BCUT2D eigenvalue weighted by Crippen LogP contribution is -2.31. The van der Waals surface area contributed by atoms with Crippen molar-refractivity contribution < 1.29 is 9.78 Å². The average Bonchev–Trinajstić information content (AvgIpc) is 2.04. The Hall–Kier alpha value is -1.06. The van der Waals surface area contributed by atoms with E-state index in [4.69, 9.17) is 15.5 Å². The lowest BCUT2D eigenvalue weighted by atomic mass is 10.1. The molecule has 58 valence electrons. The molecule has 0 radical (unpaired) electrons. The minimum atomic E-state index is -0.329. The molecule has 1 aromatic rings. The summed E-state index contributed by atoms with van der Waals surface area (Å²) in [5.74, 6) is 0.772. The number of hydrogen-bond acceptors (Lipinski definition) is 3. The van der Waals surface area contributed by atoms with Crippen molar-refractivity contribution in [2.24, 2.45) is 5.73 Å². The largest absolute Gasteiger partial charge is 0.336 e. The van der Waals surface area contributed by atoms with Gasteiger partial charge in [0.15, 0.2) is 12.0 Å². The summed E-state index contributed by atoms with van der Waals surface area (Å²) in [4.78, 5) is 9.69. The molecule has 0 aromatic heterocycles. The van der Waals surface area contributed by atoms with E-state index in [-0.39, 0.29) is 6.23 Å². The minimum Gasteiger partial charge on any atom is -0.336 e. The molecule has 0 saturated heterocycles. The molecule has 1 unspecified atom stereocenters. The van der Waals surface area contributed by atoms with Gasteiger partial charge in [-0.1, -0.05) is 18.2 Å². The van der Waals surface area contributed by atoms with E-state index < -0.39 is 0 Å². The van der Waals surface area contributed by atoms with E-state index >= 15 is 0 Å². The number of para-hydroxylation sites is 1. The quantitative estimate of drug-likeness (QED) is 0.559. The highest BCUT2D eigenvalue weighted by atomic mass is 17.2. The second-order valence-corrected chi connectivity index (χ2v) is 2.53. The maximum Gasteiger partial charge on any atom is 0.168 e. The van der Waals surface area contributed by atoms with Crippen LogP contribution in [0, 0.1) is 0 Å². The first-order chi connectivity index (χ1) is 5.36. The van der Waals surface area contributed by atoms with E-state index in [1.54, 1.807) is 0 Å². The normalized spacial score (nSPS) is 22.1. The van der Waals surface area contributed by atoms with Gasteiger partial charge >= 0.3 is 0 Å². The Morgan fingerprint density at radius 2 is 2.18 bits per heavy atom. The highest BCUT2D eigenvalue weighted by Crippen LogP contribution is 2.23. The Labute approximate surface area is 64.7 Å². The number of benzene rings is 1. The molecule has 1 aliphatic rings. The molecule has 1 heterocycles. The lowest BCUT2D eigenvalue weighted by Gasteiger charge is -2.19. The third-order valence-electron chi connectivity index (χ3n) is 1.66. The fraction of sp³-hybridized carbons (Fsp3) is 0.250. The fourth-order valence-corrected chi connectivity index (χ4v) is 1.12. The van der Waals surface area contributed by atoms with Crippen LogP contribution in [0.5, 0.6) is 5.75 Å². The topological polar surface area (TPSA) is 44.5 Å². The SMILES string of the molecule is NC1Cc2ccccc2OO1. The summed E-state index contributed by atoms with van der Waals surface area (Å²) in [6.45, 7) is 0. The smallest absolute Gasteiger partial charge is 0.168 e. The second kappa shape index (κ2) is 2.53. The van der Waals surface area contributed by atoms with Gasteiger partial charge in [-0.3, -0.25) is 0 Å². The zero-order valence-electron chi connectivity index (χ0n) is 5.99. The fourth-order valence-electron chi connectivity index (χ4n) is 1.12. The Kier molecular flexibility index (Phi) is 1.52. The van der Waals surface area contributed by atoms with Gasteiger partial charge in [-0.2, -0.15) is 4.89 Å². The molecule has 2 N–H and O–H groups in total. The lowest BCUT2D eigenvalue weighted by molar-refractivity contribution is -0.252. The summed E-state index contributed by atoms with van der Waals surface area (Å²) in [5, 5.41) is 0. The van der Waals surface area contributed by atoms with Crippen molar-refractivity contribution in [2.45, 2.75) is 12.6 Å². The van der Waals surface area contributed by atoms with Gasteiger partial charge in [0.1, 0.15) is 0 Å². The molecule has 0 fully saturated rings. The van der Waals surface area contributed by atoms with Gasteiger partial charge in [-0.15, -0.1) is 0 Å². The highest BCUT2D eigenvalue weighted by Gasteiger charge is 2.16. The molecule has 3 nitrogen and oxygen atoms in total. The first-order valence-electron chi connectivity index (χ1n) is 3.53. The van der Waals surface area contributed by atoms with E-state index in [1.165, 1.54) is 0 Å². The predicted octanol–water partition coefficient (Wildman–Crippen LogP) is 0.838. The molecule has 1 aromatic carbocycles. The summed E-state index contributed by atoms with van der Waals surface area (Å²) < 4.78 is 0. The maximum atomic E-state index is 5.50. The molecular weight excluding hydrogens is 142 g/mol. The summed E-state index contributed by atoms with van der Waals surface area (Å²) >= 11 is 0. The third kappa shape index (κ3) is 1.20. The van der Waals surface area contributed by atoms with E-state index in [9.17, 15) is 0 Å². The number of hydrogen-bond donors (Lipinski definition) is 1. The van der Waals surface area contributed by atoms with Crippen molar-refractivity contribution in [2.75, 3.05) is 0 Å². The van der Waals surface area contributed by atoms with Crippen molar-refractivity contribution in [1.82, 2.24) is 0 Å². The summed E-state index contributed by atoms with van der Waals surface area (Å²) in [6.07, 6.45) is 0.390. The highest BCUT2D eigenvalue weighted by molar-refractivity contribution is 5.33. The Morgan fingerprint density at radius 1 is 1.36 bits per heavy atom. The van der Waals surface area contributed by atoms with Gasteiger partial charge in [-0.25, -0.2) is 0 Å². The number of nitrogens with two attached hydrogens (primary N) is 1. The van der Waals surface area contributed by atoms with Gasteiger partial charge in [-0.05, 0) is 6.07 Å². The van der Waals surface area contributed by atoms with Crippen LogP contribution >= 0.6 is 0 Å². The van der Waals surface area contributed by atoms with E-state index in [1.807, 2.05) is 24.3 Å². The van der Waals surface area contributed by atoms with Crippen LogP contribution in [0.25, 0.3) is 0 Å². The zero-order chi connectivity index (χ0) is 7.68. The van der Waals surface area contributed by atoms with Crippen molar-refractivity contribution >= 4 is 0 Å². The summed E-state index contributed by atoms with van der Waals surface area (Å²) in [5.41, 5.74) is 6.61. The molecule has 1 atom stereocenters. The van der Waals surface area contributed by atoms with Gasteiger partial charge in [0.05, 0.1) is 0 Å². The van der Waals surface area contributed by atoms with Crippen LogP contribution in [0.15, 0.2) is 24.3 Å². The van der Waals surface area contributed by atoms with Crippen LogP contribution in [-0.4, -0.2) is 6.23 Å². The molecule has 2 rings (SSSR count). The summed E-state index contributed by atoms with van der Waals surface area (Å²) in [6, 6.07) is 7.71. The molecule has 1 aliphatic heterocycles. The van der Waals surface area contributed by atoms with Crippen LogP contribution in [0.1, 0.15) is 5.56 Å². The molecular formula is C8H9NO2. The molecule has 0 spiro atoms. The Balaban J connectivity index is 2.34. The minimum absolute atomic E-state index is 0.329. The molecule has 0 bridgehead atoms. The Bertz CT molecular complexity index is 262. The molecule has 11 heavy (non-hydrogen) atoms. The molecule has 0 saturated carbocycles. The van der Waals surface area contributed by atoms with Crippen LogP contribution in [-0.2, 0) is 11.3 Å². The Morgan fingerprint density at radius 3 is 3.09 bits per heavy atom. The maximum absolute atomic E-state index is 5.50. The monoisotopic (exact) mass is 151 g/mol. The second-order valence-electron chi connectivity index (χ2n) is 2.53. The number of fused-ring (bicyclic) bond motifs is 1. The number of rotatable bonds is 0. The van der Waals surface area contributed by atoms with Crippen molar-refractivity contribution in [3.05, 3.63) is 29.8 Å². The molecule has 0 amide bonds. The van der Waals surface area contributed by atoms with E-state index in [0.717, 1.165) is 17.7 Å². The van der Waals surface area contributed by atoms with Crippen LogP contribution in [0.4, 0.5) is 0 Å². The van der Waals surface area contributed by atoms with Crippen molar-refractivity contribution in [3.8, 4) is 5.75 Å². The van der Waals surface area contributed by atoms with Crippen molar-refractivity contribution in [3.63, 3.8) is 0 Å². The summed E-state index contributed by atoms with van der Waals surface area (Å²) in [7, 11) is 0. The van der Waals surface area contributed by atoms with Gasteiger partial charge < -0.3 is 10.6 Å². The van der Waals surface area contributed by atoms with Crippen LogP contribution in [0.2, 0.25) is 0 Å². The average molecular weight is 151 g/mol. The van der Waals surface area contributed by atoms with E-state index in [0.29, 0.717) is 0 Å². The van der Waals surface area contributed by atoms with Crippen LogP contribution < -0.4 is 10.6 Å². The van der Waals surface area contributed by atoms with Crippen LogP contribution in [0.3, 0.4) is 0 Å². The van der Waals surface area contributed by atoms with Gasteiger partial charge in [0.2, 0.25) is 0 Å². The van der Waals surface area contributed by atoms with Gasteiger partial charge in [0, 0.05) is 12.0 Å². The molecule has 0 aliphatic carbocycles. The third-order valence-corrected chi connectivity index (χ3v) is 1.66. The first kappa shape index (κ1) is 6.64. The standard InChI is InChI=1S/C8H9NO2/c9-8-5-6-3-1-2-4-7(6)10-11-8/h1-4,8H,5,9H2. The van der Waals surface area contributed by atoms with E-state index in [2.05, 4.69) is 0 Å². The predicted molar refractivity (Wildman–Crippen MR) is 39.8 cm³/mol.